The number of pyridine rings is 1. The molecule has 0 bridgehead atoms. The van der Waals surface area contributed by atoms with Crippen LogP contribution >= 0.6 is 0 Å². The van der Waals surface area contributed by atoms with Gasteiger partial charge in [-0.1, -0.05) is 18.2 Å². The molecule has 2 aliphatic rings. The van der Waals surface area contributed by atoms with Gasteiger partial charge in [0.2, 0.25) is 5.90 Å². The Morgan fingerprint density at radius 3 is 2.65 bits per heavy atom. The number of hydrogen-bond donors (Lipinski definition) is 0. The first-order valence-electron chi connectivity index (χ1n) is 10.1. The number of carbonyl (C=O) groups excluding carboxylic acids is 1. The van der Waals surface area contributed by atoms with E-state index in [0.717, 1.165) is 46.7 Å². The molecule has 0 radical (unpaired) electrons. The minimum absolute atomic E-state index is 0.248. The molecule has 7 heteroatoms. The maximum atomic E-state index is 12.5. The van der Waals surface area contributed by atoms with Gasteiger partial charge in [0.05, 0.1) is 25.8 Å². The standard InChI is InChI=1S/C24H21N3O4/c1-29-19-7-8-20-17(14-19)13-18(22(25-20)27-9-11-30-12-10-27)15-21-24(28)31-23(26-21)16-5-3-2-4-6-16/h2-8,13-15H,9-12H2,1H3/b21-15-. The van der Waals surface area contributed by atoms with Crippen molar-refractivity contribution in [3.63, 3.8) is 0 Å². The molecular formula is C24H21N3O4. The fourth-order valence-electron chi connectivity index (χ4n) is 3.68. The van der Waals surface area contributed by atoms with Crippen LogP contribution in [0.1, 0.15) is 11.1 Å². The van der Waals surface area contributed by atoms with E-state index in [1.165, 1.54) is 0 Å². The molecule has 5 rings (SSSR count). The Balaban J connectivity index is 1.61. The summed E-state index contributed by atoms with van der Waals surface area (Å²) < 4.78 is 16.3. The largest absolute Gasteiger partial charge is 0.497 e. The summed E-state index contributed by atoms with van der Waals surface area (Å²) in [6.45, 7) is 2.73. The summed E-state index contributed by atoms with van der Waals surface area (Å²) in [6.07, 6.45) is 1.75. The van der Waals surface area contributed by atoms with Crippen LogP contribution in [0.15, 0.2) is 65.3 Å². The molecule has 0 aliphatic carbocycles. The molecule has 0 saturated carbocycles. The van der Waals surface area contributed by atoms with Gasteiger partial charge in [0.1, 0.15) is 11.6 Å². The highest BCUT2D eigenvalue weighted by Gasteiger charge is 2.25. The summed E-state index contributed by atoms with van der Waals surface area (Å²) in [6, 6.07) is 17.1. The van der Waals surface area contributed by atoms with Crippen LogP contribution in [0, 0.1) is 0 Å². The molecule has 3 heterocycles. The van der Waals surface area contributed by atoms with Crippen molar-refractivity contribution in [2.45, 2.75) is 0 Å². The van der Waals surface area contributed by atoms with Crippen LogP contribution < -0.4 is 9.64 Å². The van der Waals surface area contributed by atoms with Crippen molar-refractivity contribution >= 4 is 34.7 Å². The monoisotopic (exact) mass is 415 g/mol. The van der Waals surface area contributed by atoms with Crippen LogP contribution in [-0.4, -0.2) is 50.3 Å². The number of hydrogen-bond acceptors (Lipinski definition) is 7. The Morgan fingerprint density at radius 1 is 1.06 bits per heavy atom. The lowest BCUT2D eigenvalue weighted by Gasteiger charge is -2.29. The minimum atomic E-state index is -0.475. The van der Waals surface area contributed by atoms with Crippen molar-refractivity contribution in [3.05, 3.63) is 71.4 Å². The molecule has 2 aromatic carbocycles. The molecule has 0 unspecified atom stereocenters. The normalized spacial score (nSPS) is 17.7. The topological polar surface area (TPSA) is 73.2 Å². The number of esters is 1. The van der Waals surface area contributed by atoms with Crippen LogP contribution in [0.5, 0.6) is 5.75 Å². The van der Waals surface area contributed by atoms with E-state index >= 15 is 0 Å². The summed E-state index contributed by atoms with van der Waals surface area (Å²) in [5, 5.41) is 0.918. The van der Waals surface area contributed by atoms with Crippen molar-refractivity contribution < 1.29 is 19.0 Å². The van der Waals surface area contributed by atoms with E-state index in [-0.39, 0.29) is 5.70 Å². The van der Waals surface area contributed by atoms with Crippen molar-refractivity contribution in [2.75, 3.05) is 38.3 Å². The summed E-state index contributed by atoms with van der Waals surface area (Å²) >= 11 is 0. The predicted molar refractivity (Wildman–Crippen MR) is 118 cm³/mol. The lowest BCUT2D eigenvalue weighted by atomic mass is 10.1. The van der Waals surface area contributed by atoms with Gasteiger partial charge in [-0.3, -0.25) is 0 Å². The van der Waals surface area contributed by atoms with Crippen LogP contribution in [-0.2, 0) is 14.3 Å². The Morgan fingerprint density at radius 2 is 1.87 bits per heavy atom. The molecule has 156 valence electrons. The van der Waals surface area contributed by atoms with Crippen LogP contribution in [0.4, 0.5) is 5.82 Å². The maximum absolute atomic E-state index is 12.5. The minimum Gasteiger partial charge on any atom is -0.497 e. The van der Waals surface area contributed by atoms with Crippen molar-refractivity contribution in [3.8, 4) is 5.75 Å². The predicted octanol–water partition coefficient (Wildman–Crippen LogP) is 3.42. The first kappa shape index (κ1) is 19.3. The number of ether oxygens (including phenoxy) is 3. The first-order valence-corrected chi connectivity index (χ1v) is 10.1. The highest BCUT2D eigenvalue weighted by molar-refractivity contribution is 6.13. The molecule has 1 fully saturated rings. The molecular weight excluding hydrogens is 394 g/mol. The smallest absolute Gasteiger partial charge is 0.363 e. The van der Waals surface area contributed by atoms with E-state index in [1.807, 2.05) is 54.6 Å². The molecule has 2 aliphatic heterocycles. The van der Waals surface area contributed by atoms with Crippen molar-refractivity contribution in [2.24, 2.45) is 4.99 Å². The summed E-state index contributed by atoms with van der Waals surface area (Å²) in [7, 11) is 1.63. The summed E-state index contributed by atoms with van der Waals surface area (Å²) in [5.74, 6) is 1.37. The number of cyclic esters (lactones) is 1. The summed E-state index contributed by atoms with van der Waals surface area (Å²) in [4.78, 5) is 24.0. The van der Waals surface area contributed by atoms with Gasteiger partial charge in [-0.2, -0.15) is 0 Å². The van der Waals surface area contributed by atoms with Crippen molar-refractivity contribution in [1.29, 1.82) is 0 Å². The Labute approximate surface area is 179 Å². The van der Waals surface area contributed by atoms with E-state index in [4.69, 9.17) is 19.2 Å². The molecule has 0 N–H and O–H groups in total. The Bertz CT molecular complexity index is 1200. The number of aliphatic imine (C=N–C) groups is 1. The molecule has 1 saturated heterocycles. The average Bonchev–Trinajstić information content (AvgIpc) is 3.19. The summed E-state index contributed by atoms with van der Waals surface area (Å²) in [5.41, 5.74) is 2.66. The van der Waals surface area contributed by atoms with Crippen LogP contribution in [0.25, 0.3) is 17.0 Å². The molecule has 0 spiro atoms. The van der Waals surface area contributed by atoms with E-state index in [0.29, 0.717) is 19.1 Å². The molecule has 31 heavy (non-hydrogen) atoms. The second-order valence-corrected chi connectivity index (χ2v) is 7.26. The lowest BCUT2D eigenvalue weighted by molar-refractivity contribution is -0.129. The van der Waals surface area contributed by atoms with E-state index in [2.05, 4.69) is 9.89 Å². The van der Waals surface area contributed by atoms with Crippen LogP contribution in [0.2, 0.25) is 0 Å². The number of methoxy groups -OCH3 is 1. The third-order valence-electron chi connectivity index (χ3n) is 5.27. The fourth-order valence-corrected chi connectivity index (χ4v) is 3.68. The van der Waals surface area contributed by atoms with Gasteiger partial charge in [0.15, 0.2) is 5.70 Å². The molecule has 7 nitrogen and oxygen atoms in total. The van der Waals surface area contributed by atoms with E-state index in [9.17, 15) is 4.79 Å². The molecule has 0 amide bonds. The Kier molecular flexibility index (Phi) is 5.09. The van der Waals surface area contributed by atoms with Gasteiger partial charge in [-0.05, 0) is 42.5 Å². The highest BCUT2D eigenvalue weighted by Crippen LogP contribution is 2.30. The first-order chi connectivity index (χ1) is 15.2. The number of benzene rings is 2. The van der Waals surface area contributed by atoms with E-state index < -0.39 is 5.97 Å². The number of rotatable bonds is 4. The SMILES string of the molecule is COc1ccc2nc(N3CCOCC3)c(/C=C3\N=C(c4ccccc4)OC3=O)cc2c1. The zero-order valence-corrected chi connectivity index (χ0v) is 17.1. The number of nitrogens with zero attached hydrogens (tertiary/aromatic N) is 3. The van der Waals surface area contributed by atoms with Gasteiger partial charge in [0, 0.05) is 29.6 Å². The fraction of sp³-hybridized carbons (Fsp3) is 0.208. The third kappa shape index (κ3) is 3.87. The number of morpholine rings is 1. The number of carbonyl (C=O) groups is 1. The zero-order chi connectivity index (χ0) is 21.2. The van der Waals surface area contributed by atoms with Gasteiger partial charge in [0.25, 0.3) is 0 Å². The van der Waals surface area contributed by atoms with Gasteiger partial charge < -0.3 is 19.1 Å². The molecule has 3 aromatic rings. The van der Waals surface area contributed by atoms with Crippen LogP contribution in [0.3, 0.4) is 0 Å². The zero-order valence-electron chi connectivity index (χ0n) is 17.1. The second-order valence-electron chi connectivity index (χ2n) is 7.26. The van der Waals surface area contributed by atoms with Crippen molar-refractivity contribution in [1.82, 2.24) is 4.98 Å². The maximum Gasteiger partial charge on any atom is 0.363 e. The van der Waals surface area contributed by atoms with Gasteiger partial charge >= 0.3 is 5.97 Å². The van der Waals surface area contributed by atoms with E-state index in [1.54, 1.807) is 13.2 Å². The number of fused-ring (bicyclic) bond motifs is 1. The molecule has 1 aromatic heterocycles. The quantitative estimate of drug-likeness (QED) is 0.480. The highest BCUT2D eigenvalue weighted by atomic mass is 16.6. The number of aromatic nitrogens is 1. The average molecular weight is 415 g/mol. The Hall–Kier alpha value is -3.71. The van der Waals surface area contributed by atoms with Gasteiger partial charge in [-0.15, -0.1) is 0 Å². The van der Waals surface area contributed by atoms with Gasteiger partial charge in [-0.25, -0.2) is 14.8 Å². The number of anilines is 1. The second kappa shape index (κ2) is 8.20. The molecule has 0 atom stereocenters. The third-order valence-corrected chi connectivity index (χ3v) is 5.27. The lowest BCUT2D eigenvalue weighted by Crippen LogP contribution is -2.37.